The molecule has 0 bridgehead atoms. The van der Waals surface area contributed by atoms with E-state index in [9.17, 15) is 4.79 Å². The van der Waals surface area contributed by atoms with E-state index < -0.39 is 0 Å². The van der Waals surface area contributed by atoms with Crippen molar-refractivity contribution in [1.29, 1.82) is 0 Å². The van der Waals surface area contributed by atoms with Crippen LogP contribution in [0.5, 0.6) is 0 Å². The van der Waals surface area contributed by atoms with Gasteiger partial charge < -0.3 is 5.32 Å². The van der Waals surface area contributed by atoms with Gasteiger partial charge in [0, 0.05) is 10.4 Å². The van der Waals surface area contributed by atoms with Crippen molar-refractivity contribution in [2.75, 3.05) is 0 Å². The van der Waals surface area contributed by atoms with Crippen LogP contribution in [0.1, 0.15) is 39.6 Å². The fraction of sp³-hybridized carbons (Fsp3) is 0.235. The van der Waals surface area contributed by atoms with Gasteiger partial charge in [0.2, 0.25) is 0 Å². The fourth-order valence-electron chi connectivity index (χ4n) is 2.26. The predicted molar refractivity (Wildman–Crippen MR) is 89.2 cm³/mol. The van der Waals surface area contributed by atoms with Gasteiger partial charge in [-0.25, -0.2) is 9.97 Å². The number of fused-ring (bicyclic) bond motifs is 1. The number of aromatic nitrogens is 2. The Bertz CT molecular complexity index is 827. The van der Waals surface area contributed by atoms with E-state index in [0.717, 1.165) is 27.3 Å². The third-order valence-electron chi connectivity index (χ3n) is 3.66. The smallest absolute Gasteiger partial charge is 0.251 e. The maximum atomic E-state index is 12.4. The lowest BCUT2D eigenvalue weighted by atomic mass is 10.1. The molecular weight excluding hydrogens is 294 g/mol. The second kappa shape index (κ2) is 5.85. The van der Waals surface area contributed by atoms with Crippen LogP contribution in [0, 0.1) is 13.8 Å². The van der Waals surface area contributed by atoms with Crippen molar-refractivity contribution in [2.45, 2.75) is 26.8 Å². The van der Waals surface area contributed by atoms with Crippen LogP contribution in [-0.4, -0.2) is 15.9 Å². The maximum absolute atomic E-state index is 12.4. The van der Waals surface area contributed by atoms with Crippen LogP contribution < -0.4 is 5.32 Å². The van der Waals surface area contributed by atoms with Crippen molar-refractivity contribution in [3.05, 3.63) is 57.5 Å². The van der Waals surface area contributed by atoms with E-state index in [0.29, 0.717) is 5.56 Å². The third-order valence-corrected chi connectivity index (χ3v) is 4.71. The molecule has 1 N–H and O–H groups in total. The molecule has 1 aromatic carbocycles. The number of rotatable bonds is 3. The summed E-state index contributed by atoms with van der Waals surface area (Å²) in [7, 11) is 0. The molecule has 3 aromatic rings. The van der Waals surface area contributed by atoms with E-state index in [4.69, 9.17) is 0 Å². The lowest BCUT2D eigenvalue weighted by Gasteiger charge is -2.12. The molecule has 1 atom stereocenters. The first kappa shape index (κ1) is 14.7. The first-order chi connectivity index (χ1) is 10.5. The molecule has 0 aliphatic rings. The first-order valence-electron chi connectivity index (χ1n) is 7.14. The number of hydrogen-bond donors (Lipinski definition) is 1. The van der Waals surface area contributed by atoms with Crippen molar-refractivity contribution >= 4 is 28.3 Å². The highest BCUT2D eigenvalue weighted by Crippen LogP contribution is 2.19. The maximum Gasteiger partial charge on any atom is 0.251 e. The van der Waals surface area contributed by atoms with Gasteiger partial charge in [-0.3, -0.25) is 4.79 Å². The summed E-state index contributed by atoms with van der Waals surface area (Å²) in [5, 5.41) is 5.02. The van der Waals surface area contributed by atoms with E-state index >= 15 is 0 Å². The molecule has 2 heterocycles. The Morgan fingerprint density at radius 2 is 1.86 bits per heavy atom. The average Bonchev–Trinajstić information content (AvgIpc) is 3.02. The Hall–Kier alpha value is -2.27. The first-order valence-corrected chi connectivity index (χ1v) is 8.02. The van der Waals surface area contributed by atoms with E-state index in [-0.39, 0.29) is 11.9 Å². The van der Waals surface area contributed by atoms with E-state index in [1.165, 1.54) is 0 Å². The number of carbonyl (C=O) groups excluding carboxylic acids is 1. The summed E-state index contributed by atoms with van der Waals surface area (Å²) < 4.78 is 0. The highest BCUT2D eigenvalue weighted by atomic mass is 32.1. The zero-order valence-corrected chi connectivity index (χ0v) is 13.6. The number of aryl methyl sites for hydroxylation is 2. The monoisotopic (exact) mass is 311 g/mol. The number of hydrogen-bond acceptors (Lipinski definition) is 4. The molecule has 0 aliphatic carbocycles. The second-order valence-corrected chi connectivity index (χ2v) is 6.29. The molecule has 5 heteroatoms. The Morgan fingerprint density at radius 3 is 2.55 bits per heavy atom. The number of nitrogens with zero attached hydrogens (tertiary/aromatic N) is 2. The van der Waals surface area contributed by atoms with Gasteiger partial charge in [0.1, 0.15) is 0 Å². The van der Waals surface area contributed by atoms with Gasteiger partial charge in [0.15, 0.2) is 0 Å². The summed E-state index contributed by atoms with van der Waals surface area (Å²) in [5.41, 5.74) is 3.96. The summed E-state index contributed by atoms with van der Waals surface area (Å²) >= 11 is 1.64. The van der Waals surface area contributed by atoms with E-state index in [1.54, 1.807) is 23.5 Å². The zero-order valence-electron chi connectivity index (χ0n) is 12.8. The van der Waals surface area contributed by atoms with Crippen LogP contribution in [0.2, 0.25) is 0 Å². The summed E-state index contributed by atoms with van der Waals surface area (Å²) in [6.45, 7) is 5.84. The lowest BCUT2D eigenvalue weighted by molar-refractivity contribution is 0.0940. The number of nitrogens with one attached hydrogen (secondary N) is 1. The quantitative estimate of drug-likeness (QED) is 0.800. The predicted octanol–water partition coefficient (Wildman–Crippen LogP) is 3.80. The Morgan fingerprint density at radius 1 is 1.14 bits per heavy atom. The van der Waals surface area contributed by atoms with Gasteiger partial charge in [-0.2, -0.15) is 0 Å². The third kappa shape index (κ3) is 2.85. The molecule has 1 amide bonds. The van der Waals surface area contributed by atoms with E-state index in [1.807, 2.05) is 44.4 Å². The van der Waals surface area contributed by atoms with Crippen LogP contribution in [0.25, 0.3) is 11.0 Å². The SMILES string of the molecule is Cc1nc2ccc(C(=O)NC(C)c3cccs3)cc2nc1C. The zero-order chi connectivity index (χ0) is 15.7. The highest BCUT2D eigenvalue weighted by Gasteiger charge is 2.13. The van der Waals surface area contributed by atoms with Crippen LogP contribution in [0.4, 0.5) is 0 Å². The molecule has 3 rings (SSSR count). The molecule has 0 saturated heterocycles. The Balaban J connectivity index is 1.86. The molecule has 0 aliphatic heterocycles. The standard InChI is InChI=1S/C17H17N3OS/c1-10-11(2)19-15-9-13(6-7-14(15)18-10)17(21)20-12(3)16-5-4-8-22-16/h4-9,12H,1-3H3,(H,20,21). The van der Waals surface area contributed by atoms with Crippen molar-refractivity contribution < 1.29 is 4.79 Å². The lowest BCUT2D eigenvalue weighted by Crippen LogP contribution is -2.26. The van der Waals surface area contributed by atoms with Gasteiger partial charge >= 0.3 is 0 Å². The minimum atomic E-state index is -0.0946. The minimum Gasteiger partial charge on any atom is -0.345 e. The Labute approximate surface area is 133 Å². The second-order valence-electron chi connectivity index (χ2n) is 5.31. The normalized spacial score (nSPS) is 12.3. The van der Waals surface area contributed by atoms with Gasteiger partial charge in [0.05, 0.1) is 28.5 Å². The van der Waals surface area contributed by atoms with E-state index in [2.05, 4.69) is 15.3 Å². The topological polar surface area (TPSA) is 54.9 Å². The molecule has 1 unspecified atom stereocenters. The number of thiophene rings is 1. The molecule has 0 radical (unpaired) electrons. The molecule has 112 valence electrons. The molecule has 22 heavy (non-hydrogen) atoms. The summed E-state index contributed by atoms with van der Waals surface area (Å²) in [6, 6.07) is 9.44. The average molecular weight is 311 g/mol. The van der Waals surface area contributed by atoms with Crippen molar-refractivity contribution in [3.63, 3.8) is 0 Å². The number of carbonyl (C=O) groups is 1. The molecule has 0 fully saturated rings. The largest absolute Gasteiger partial charge is 0.345 e. The van der Waals surface area contributed by atoms with Crippen molar-refractivity contribution in [3.8, 4) is 0 Å². The van der Waals surface area contributed by atoms with Crippen LogP contribution in [0.15, 0.2) is 35.7 Å². The van der Waals surface area contributed by atoms with Gasteiger partial charge in [-0.15, -0.1) is 11.3 Å². The molecule has 0 spiro atoms. The van der Waals surface area contributed by atoms with Gasteiger partial charge in [-0.05, 0) is 50.4 Å². The van der Waals surface area contributed by atoms with Crippen LogP contribution >= 0.6 is 11.3 Å². The Kier molecular flexibility index (Phi) is 3.90. The van der Waals surface area contributed by atoms with Gasteiger partial charge in [-0.1, -0.05) is 6.07 Å². The molecule has 4 nitrogen and oxygen atoms in total. The number of benzene rings is 1. The van der Waals surface area contributed by atoms with Crippen LogP contribution in [-0.2, 0) is 0 Å². The van der Waals surface area contributed by atoms with Crippen molar-refractivity contribution in [2.24, 2.45) is 0 Å². The molecule has 0 saturated carbocycles. The van der Waals surface area contributed by atoms with Crippen molar-refractivity contribution in [1.82, 2.24) is 15.3 Å². The fourth-order valence-corrected chi connectivity index (χ4v) is 3.00. The van der Waals surface area contributed by atoms with Gasteiger partial charge in [0.25, 0.3) is 5.91 Å². The highest BCUT2D eigenvalue weighted by molar-refractivity contribution is 7.10. The summed E-state index contributed by atoms with van der Waals surface area (Å²) in [6.07, 6.45) is 0. The minimum absolute atomic E-state index is 0.00552. The number of amides is 1. The molecule has 2 aromatic heterocycles. The summed E-state index contributed by atoms with van der Waals surface area (Å²) in [4.78, 5) is 22.5. The van der Waals surface area contributed by atoms with Crippen LogP contribution in [0.3, 0.4) is 0 Å². The summed E-state index contributed by atoms with van der Waals surface area (Å²) in [5.74, 6) is -0.0946. The molecular formula is C17H17N3OS.